The largest absolute Gasteiger partial charge is 0.325 e. The maximum Gasteiger partial charge on any atom is 0.308 e. The molecule has 2 aliphatic rings. The van der Waals surface area contributed by atoms with Crippen molar-refractivity contribution in [3.8, 4) is 0 Å². The second kappa shape index (κ2) is 10.9. The lowest BCUT2D eigenvalue weighted by Gasteiger charge is -2.30. The molecule has 3 atom stereocenters. The predicted molar refractivity (Wildman–Crippen MR) is 160 cm³/mol. The molecule has 0 radical (unpaired) electrons. The number of amides is 3. The number of aryl methyl sites for hydroxylation is 1. The smallest absolute Gasteiger partial charge is 0.308 e. The molecule has 1 fully saturated rings. The van der Waals surface area contributed by atoms with Gasteiger partial charge in [-0.1, -0.05) is 64.5 Å². The minimum absolute atomic E-state index is 0.168. The Balaban J connectivity index is 1.39. The van der Waals surface area contributed by atoms with Gasteiger partial charge in [0.05, 0.1) is 21.6 Å². The van der Waals surface area contributed by atoms with E-state index in [9.17, 15) is 29.3 Å². The molecule has 3 amide bonds. The summed E-state index contributed by atoms with van der Waals surface area (Å²) in [6.07, 6.45) is 0. The highest BCUT2D eigenvalue weighted by molar-refractivity contribution is 8.00. The number of benzene rings is 3. The molecule has 4 aromatic rings. The van der Waals surface area contributed by atoms with Crippen LogP contribution in [0.3, 0.4) is 0 Å². The van der Waals surface area contributed by atoms with Gasteiger partial charge in [-0.3, -0.25) is 33.9 Å². The van der Waals surface area contributed by atoms with Gasteiger partial charge in [0.25, 0.3) is 5.69 Å². The van der Waals surface area contributed by atoms with Gasteiger partial charge in [0.2, 0.25) is 17.7 Å². The standard InChI is InChI=1S/C29H21ClN4O6S2/c1-15-2-8-18(9-3-15)31-21(35)14-32-28-25(42-29(32)38)22(16-4-6-17(30)7-5-16)23-24(41-28)27(37)33(26(23)36)19-10-12-20(13-11-19)34(39)40/h2-13,22-24H,14H2,1H3,(H,31,35). The first kappa shape index (κ1) is 27.9. The summed E-state index contributed by atoms with van der Waals surface area (Å²) in [4.78, 5) is 65.8. The van der Waals surface area contributed by atoms with Crippen LogP contribution in [-0.4, -0.2) is 32.5 Å². The Hall–Kier alpha value is -4.26. The molecular formula is C29H21ClN4O6S2. The van der Waals surface area contributed by atoms with Gasteiger partial charge in [-0.15, -0.1) is 0 Å². The van der Waals surface area contributed by atoms with Gasteiger partial charge in [0.15, 0.2) is 0 Å². The summed E-state index contributed by atoms with van der Waals surface area (Å²) in [5.74, 6) is -2.88. The first-order valence-corrected chi connectivity index (χ1v) is 14.8. The van der Waals surface area contributed by atoms with Crippen LogP contribution in [0, 0.1) is 23.0 Å². The van der Waals surface area contributed by atoms with Crippen LogP contribution in [0.5, 0.6) is 0 Å². The molecule has 1 saturated heterocycles. The summed E-state index contributed by atoms with van der Waals surface area (Å²) in [5.41, 5.74) is 2.37. The molecule has 6 rings (SSSR count). The molecule has 13 heteroatoms. The van der Waals surface area contributed by atoms with Gasteiger partial charge >= 0.3 is 4.87 Å². The molecule has 3 aromatic carbocycles. The number of thioether (sulfide) groups is 1. The summed E-state index contributed by atoms with van der Waals surface area (Å²) in [6, 6.07) is 19.3. The first-order valence-electron chi connectivity index (χ1n) is 12.8. The van der Waals surface area contributed by atoms with E-state index in [-0.39, 0.29) is 22.8 Å². The molecule has 0 bridgehead atoms. The SMILES string of the molecule is Cc1ccc(NC(=O)Cn2c3c(sc2=O)C(c2ccc(Cl)cc2)C2C(=O)N(c4ccc([N+](=O)[O-])cc4)C(=O)C2S3)cc1. The number of anilines is 2. The number of carbonyl (C=O) groups excluding carboxylic acids is 3. The summed E-state index contributed by atoms with van der Waals surface area (Å²) in [7, 11) is 0. The van der Waals surface area contributed by atoms with Crippen molar-refractivity contribution < 1.29 is 19.3 Å². The number of fused-ring (bicyclic) bond motifs is 2. The van der Waals surface area contributed by atoms with Gasteiger partial charge in [0.1, 0.15) is 11.8 Å². The Morgan fingerprint density at radius 1 is 0.976 bits per heavy atom. The number of imide groups is 1. The van der Waals surface area contributed by atoms with E-state index in [4.69, 9.17) is 11.6 Å². The number of carbonyl (C=O) groups is 3. The van der Waals surface area contributed by atoms with Gasteiger partial charge in [-0.05, 0) is 48.9 Å². The number of hydrogen-bond acceptors (Lipinski definition) is 8. The molecule has 1 N–H and O–H groups in total. The van der Waals surface area contributed by atoms with Crippen LogP contribution in [0.25, 0.3) is 0 Å². The second-order valence-electron chi connectivity index (χ2n) is 9.92. The van der Waals surface area contributed by atoms with Crippen LogP contribution in [0.15, 0.2) is 82.6 Å². The fraction of sp³-hybridized carbons (Fsp3) is 0.172. The number of thiazole rings is 1. The third-order valence-corrected chi connectivity index (χ3v) is 10.1. The van der Waals surface area contributed by atoms with E-state index in [1.54, 1.807) is 36.4 Å². The van der Waals surface area contributed by atoms with E-state index in [0.29, 0.717) is 26.2 Å². The van der Waals surface area contributed by atoms with E-state index in [1.807, 2.05) is 19.1 Å². The highest BCUT2D eigenvalue weighted by atomic mass is 35.5. The molecule has 42 heavy (non-hydrogen) atoms. The fourth-order valence-electron chi connectivity index (χ4n) is 5.24. The van der Waals surface area contributed by atoms with Crippen molar-refractivity contribution in [2.75, 3.05) is 10.2 Å². The van der Waals surface area contributed by atoms with Gasteiger partial charge in [-0.2, -0.15) is 0 Å². The molecule has 1 aromatic heterocycles. The highest BCUT2D eigenvalue weighted by Crippen LogP contribution is 2.54. The lowest BCUT2D eigenvalue weighted by Crippen LogP contribution is -2.33. The van der Waals surface area contributed by atoms with Crippen LogP contribution in [-0.2, 0) is 20.9 Å². The van der Waals surface area contributed by atoms with E-state index in [2.05, 4.69) is 5.32 Å². The van der Waals surface area contributed by atoms with Gasteiger partial charge in [-0.25, -0.2) is 4.90 Å². The summed E-state index contributed by atoms with van der Waals surface area (Å²) < 4.78 is 1.35. The van der Waals surface area contributed by atoms with Crippen molar-refractivity contribution >= 4 is 69.5 Å². The Morgan fingerprint density at radius 3 is 2.29 bits per heavy atom. The highest BCUT2D eigenvalue weighted by Gasteiger charge is 2.56. The third-order valence-electron chi connectivity index (χ3n) is 7.23. The number of halogens is 1. The van der Waals surface area contributed by atoms with Crippen LogP contribution in [0.1, 0.15) is 21.9 Å². The lowest BCUT2D eigenvalue weighted by atomic mass is 9.83. The number of non-ortho nitro benzene ring substituents is 1. The van der Waals surface area contributed by atoms with Gasteiger partial charge < -0.3 is 5.32 Å². The molecule has 0 aliphatic carbocycles. The molecule has 0 spiro atoms. The Labute approximate surface area is 252 Å². The summed E-state index contributed by atoms with van der Waals surface area (Å²) >= 11 is 8.17. The molecule has 3 unspecified atom stereocenters. The number of aromatic nitrogens is 1. The minimum atomic E-state index is -0.888. The van der Waals surface area contributed by atoms with E-state index < -0.39 is 39.7 Å². The zero-order valence-corrected chi connectivity index (χ0v) is 24.2. The number of nitro benzene ring substituents is 1. The third kappa shape index (κ3) is 4.91. The number of nitrogens with one attached hydrogen (secondary N) is 1. The molecule has 3 heterocycles. The average Bonchev–Trinajstić information content (AvgIpc) is 3.41. The van der Waals surface area contributed by atoms with Crippen molar-refractivity contribution in [2.24, 2.45) is 5.92 Å². The van der Waals surface area contributed by atoms with Gasteiger partial charge in [0, 0.05) is 33.6 Å². The van der Waals surface area contributed by atoms with Crippen molar-refractivity contribution in [3.05, 3.63) is 114 Å². The number of rotatable bonds is 6. The van der Waals surface area contributed by atoms with Crippen molar-refractivity contribution in [3.63, 3.8) is 0 Å². The fourth-order valence-corrected chi connectivity index (χ4v) is 8.14. The predicted octanol–water partition coefficient (Wildman–Crippen LogP) is 5.21. The minimum Gasteiger partial charge on any atom is -0.325 e. The normalized spacial score (nSPS) is 19.4. The maximum atomic E-state index is 13.9. The van der Waals surface area contributed by atoms with E-state index in [0.717, 1.165) is 33.6 Å². The Kier molecular flexibility index (Phi) is 7.21. The molecular weight excluding hydrogens is 600 g/mol. The first-order chi connectivity index (χ1) is 20.1. The molecule has 0 saturated carbocycles. The second-order valence-corrected chi connectivity index (χ2v) is 12.5. The van der Waals surface area contributed by atoms with Crippen LogP contribution >= 0.6 is 34.7 Å². The topological polar surface area (TPSA) is 132 Å². The number of hydrogen-bond donors (Lipinski definition) is 1. The maximum absolute atomic E-state index is 13.9. The molecule has 2 aliphatic heterocycles. The number of nitro groups is 1. The monoisotopic (exact) mass is 620 g/mol. The molecule has 212 valence electrons. The van der Waals surface area contributed by atoms with Crippen molar-refractivity contribution in [1.29, 1.82) is 0 Å². The summed E-state index contributed by atoms with van der Waals surface area (Å²) in [6.45, 7) is 1.66. The van der Waals surface area contributed by atoms with E-state index >= 15 is 0 Å². The zero-order chi connectivity index (χ0) is 29.7. The summed E-state index contributed by atoms with van der Waals surface area (Å²) in [5, 5.41) is 14.0. The van der Waals surface area contributed by atoms with Crippen molar-refractivity contribution in [1.82, 2.24) is 4.57 Å². The van der Waals surface area contributed by atoms with Crippen LogP contribution in [0.2, 0.25) is 5.02 Å². The van der Waals surface area contributed by atoms with E-state index in [1.165, 1.54) is 28.8 Å². The Morgan fingerprint density at radius 2 is 1.64 bits per heavy atom. The van der Waals surface area contributed by atoms with Crippen LogP contribution in [0.4, 0.5) is 17.1 Å². The number of nitrogens with zero attached hydrogens (tertiary/aromatic N) is 3. The average molecular weight is 621 g/mol. The molecule has 10 nitrogen and oxygen atoms in total. The quantitative estimate of drug-likeness (QED) is 0.178. The zero-order valence-electron chi connectivity index (χ0n) is 21.9. The van der Waals surface area contributed by atoms with Crippen LogP contribution < -0.4 is 15.1 Å². The Bertz CT molecular complexity index is 1800. The lowest BCUT2D eigenvalue weighted by molar-refractivity contribution is -0.384. The van der Waals surface area contributed by atoms with Crippen molar-refractivity contribution in [2.45, 2.75) is 29.7 Å².